The summed E-state index contributed by atoms with van der Waals surface area (Å²) in [5.74, 6) is 1.40. The molecule has 1 aromatic heterocycles. The summed E-state index contributed by atoms with van der Waals surface area (Å²) in [6.07, 6.45) is 3.35. The first kappa shape index (κ1) is 21.2. The van der Waals surface area contributed by atoms with Crippen molar-refractivity contribution in [2.45, 2.75) is 25.9 Å². The summed E-state index contributed by atoms with van der Waals surface area (Å²) in [5.41, 5.74) is 0.650. The molecule has 2 heterocycles. The van der Waals surface area contributed by atoms with E-state index in [1.807, 2.05) is 23.1 Å². The third-order valence-corrected chi connectivity index (χ3v) is 4.26. The van der Waals surface area contributed by atoms with Crippen LogP contribution in [0.4, 0.5) is 0 Å². The van der Waals surface area contributed by atoms with Crippen LogP contribution in [0.1, 0.15) is 24.2 Å². The van der Waals surface area contributed by atoms with Gasteiger partial charge in [-0.15, -0.1) is 24.8 Å². The standard InChI is InChI=1S/C18H21N3O2.2ClH/c1-13-14(2)21(11-10-20-13)18(22)15-4-3-5-17(12-15)23-16-6-8-19-9-7-16;;/h3-9,12-14,20H,10-11H2,1-2H3;2*1H. The highest BCUT2D eigenvalue weighted by Crippen LogP contribution is 2.23. The van der Waals surface area contributed by atoms with Gasteiger partial charge in [-0.05, 0) is 44.2 Å². The van der Waals surface area contributed by atoms with Crippen molar-refractivity contribution in [2.75, 3.05) is 13.1 Å². The number of halogens is 2. The predicted octanol–water partition coefficient (Wildman–Crippen LogP) is 3.54. The SMILES string of the molecule is CC1NCCN(C(=O)c2cccc(Oc3ccncc3)c2)C1C.Cl.Cl. The Morgan fingerprint density at radius 3 is 2.60 bits per heavy atom. The predicted molar refractivity (Wildman–Crippen MR) is 103 cm³/mol. The van der Waals surface area contributed by atoms with Crippen molar-refractivity contribution >= 4 is 30.7 Å². The van der Waals surface area contributed by atoms with Crippen molar-refractivity contribution < 1.29 is 9.53 Å². The Morgan fingerprint density at radius 1 is 1.16 bits per heavy atom. The van der Waals surface area contributed by atoms with Gasteiger partial charge < -0.3 is 15.0 Å². The molecule has 1 aromatic carbocycles. The van der Waals surface area contributed by atoms with Crippen LogP contribution >= 0.6 is 24.8 Å². The molecule has 5 nitrogen and oxygen atoms in total. The molecule has 1 N–H and O–H groups in total. The topological polar surface area (TPSA) is 54.5 Å². The maximum Gasteiger partial charge on any atom is 0.254 e. The van der Waals surface area contributed by atoms with E-state index in [9.17, 15) is 4.79 Å². The summed E-state index contributed by atoms with van der Waals surface area (Å²) in [4.78, 5) is 18.7. The van der Waals surface area contributed by atoms with Gasteiger partial charge >= 0.3 is 0 Å². The van der Waals surface area contributed by atoms with E-state index in [0.717, 1.165) is 13.1 Å². The number of aromatic nitrogens is 1. The number of piperazine rings is 1. The zero-order valence-electron chi connectivity index (χ0n) is 14.2. The zero-order valence-corrected chi connectivity index (χ0v) is 15.8. The molecule has 0 bridgehead atoms. The van der Waals surface area contributed by atoms with Gasteiger partial charge in [0.1, 0.15) is 11.5 Å². The summed E-state index contributed by atoms with van der Waals surface area (Å²) < 4.78 is 5.78. The van der Waals surface area contributed by atoms with Crippen LogP contribution in [0.5, 0.6) is 11.5 Å². The number of ether oxygens (including phenoxy) is 1. The molecule has 1 saturated heterocycles. The molecule has 1 aliphatic heterocycles. The highest BCUT2D eigenvalue weighted by atomic mass is 35.5. The minimum absolute atomic E-state index is 0. The van der Waals surface area contributed by atoms with Crippen molar-refractivity contribution in [3.8, 4) is 11.5 Å². The number of nitrogens with one attached hydrogen (secondary N) is 1. The average molecular weight is 384 g/mol. The van der Waals surface area contributed by atoms with Gasteiger partial charge in [0.15, 0.2) is 0 Å². The minimum Gasteiger partial charge on any atom is -0.457 e. The smallest absolute Gasteiger partial charge is 0.254 e. The van der Waals surface area contributed by atoms with E-state index in [-0.39, 0.29) is 36.8 Å². The zero-order chi connectivity index (χ0) is 16.2. The molecular weight excluding hydrogens is 361 g/mol. The lowest BCUT2D eigenvalue weighted by Gasteiger charge is -2.38. The molecule has 2 unspecified atom stereocenters. The largest absolute Gasteiger partial charge is 0.457 e. The number of benzene rings is 1. The van der Waals surface area contributed by atoms with E-state index in [1.54, 1.807) is 30.6 Å². The fraction of sp³-hybridized carbons (Fsp3) is 0.333. The Kier molecular flexibility index (Phi) is 8.16. The first-order valence-corrected chi connectivity index (χ1v) is 7.87. The van der Waals surface area contributed by atoms with Crippen molar-refractivity contribution in [1.82, 2.24) is 15.2 Å². The second kappa shape index (κ2) is 9.61. The lowest BCUT2D eigenvalue weighted by molar-refractivity contribution is 0.0602. The maximum absolute atomic E-state index is 12.8. The van der Waals surface area contributed by atoms with Gasteiger partial charge in [0.25, 0.3) is 5.91 Å². The Balaban J connectivity index is 0.00000156. The quantitative estimate of drug-likeness (QED) is 0.880. The summed E-state index contributed by atoms with van der Waals surface area (Å²) >= 11 is 0. The molecule has 2 atom stereocenters. The molecule has 2 aromatic rings. The van der Waals surface area contributed by atoms with Crippen LogP contribution in [0.3, 0.4) is 0 Å². The van der Waals surface area contributed by atoms with Crippen LogP contribution in [0.25, 0.3) is 0 Å². The first-order valence-electron chi connectivity index (χ1n) is 7.87. The maximum atomic E-state index is 12.8. The van der Waals surface area contributed by atoms with Crippen LogP contribution in [0.2, 0.25) is 0 Å². The third-order valence-electron chi connectivity index (χ3n) is 4.26. The Labute approximate surface area is 160 Å². The fourth-order valence-electron chi connectivity index (χ4n) is 2.74. The van der Waals surface area contributed by atoms with Gasteiger partial charge in [0, 0.05) is 43.1 Å². The van der Waals surface area contributed by atoms with E-state index < -0.39 is 0 Å². The van der Waals surface area contributed by atoms with Crippen molar-refractivity contribution in [2.24, 2.45) is 0 Å². The fourth-order valence-corrected chi connectivity index (χ4v) is 2.74. The summed E-state index contributed by atoms with van der Waals surface area (Å²) in [5, 5.41) is 3.39. The van der Waals surface area contributed by atoms with Gasteiger partial charge in [0.05, 0.1) is 0 Å². The van der Waals surface area contributed by atoms with Gasteiger partial charge in [-0.2, -0.15) is 0 Å². The summed E-state index contributed by atoms with van der Waals surface area (Å²) in [7, 11) is 0. The van der Waals surface area contributed by atoms with Gasteiger partial charge in [-0.3, -0.25) is 9.78 Å². The summed E-state index contributed by atoms with van der Waals surface area (Å²) in [6.45, 7) is 5.73. The number of hydrogen-bond donors (Lipinski definition) is 1. The van der Waals surface area contributed by atoms with Crippen LogP contribution in [-0.2, 0) is 0 Å². The van der Waals surface area contributed by atoms with E-state index >= 15 is 0 Å². The average Bonchev–Trinajstić information content (AvgIpc) is 2.58. The molecule has 0 spiro atoms. The molecule has 0 saturated carbocycles. The molecule has 1 aliphatic rings. The minimum atomic E-state index is 0. The number of carbonyl (C=O) groups is 1. The molecule has 25 heavy (non-hydrogen) atoms. The van der Waals surface area contributed by atoms with E-state index in [4.69, 9.17) is 4.74 Å². The number of rotatable bonds is 3. The van der Waals surface area contributed by atoms with Gasteiger partial charge in [-0.1, -0.05) is 6.07 Å². The van der Waals surface area contributed by atoms with Gasteiger partial charge in [0.2, 0.25) is 0 Å². The molecule has 1 fully saturated rings. The molecule has 136 valence electrons. The lowest BCUT2D eigenvalue weighted by atomic mass is 10.1. The molecule has 3 rings (SSSR count). The number of hydrogen-bond acceptors (Lipinski definition) is 4. The second-order valence-electron chi connectivity index (χ2n) is 5.79. The highest BCUT2D eigenvalue weighted by Gasteiger charge is 2.28. The Hall–Kier alpha value is -1.82. The number of nitrogens with zero attached hydrogens (tertiary/aromatic N) is 2. The van der Waals surface area contributed by atoms with Crippen molar-refractivity contribution in [1.29, 1.82) is 0 Å². The summed E-state index contributed by atoms with van der Waals surface area (Å²) in [6, 6.07) is 11.4. The molecule has 0 radical (unpaired) electrons. The highest BCUT2D eigenvalue weighted by molar-refractivity contribution is 5.95. The number of amides is 1. The molecular formula is C18H23Cl2N3O2. The first-order chi connectivity index (χ1) is 11.1. The normalized spacial score (nSPS) is 19.4. The van der Waals surface area contributed by atoms with Crippen LogP contribution in [0.15, 0.2) is 48.8 Å². The molecule has 7 heteroatoms. The van der Waals surface area contributed by atoms with E-state index in [1.165, 1.54) is 0 Å². The molecule has 0 aliphatic carbocycles. The van der Waals surface area contributed by atoms with Crippen LogP contribution in [-0.4, -0.2) is 41.0 Å². The number of carbonyl (C=O) groups excluding carboxylic acids is 1. The van der Waals surface area contributed by atoms with Crippen molar-refractivity contribution in [3.63, 3.8) is 0 Å². The molecule has 1 amide bonds. The van der Waals surface area contributed by atoms with E-state index in [0.29, 0.717) is 23.1 Å². The monoisotopic (exact) mass is 383 g/mol. The van der Waals surface area contributed by atoms with Crippen molar-refractivity contribution in [3.05, 3.63) is 54.4 Å². The lowest BCUT2D eigenvalue weighted by Crippen LogP contribution is -2.57. The van der Waals surface area contributed by atoms with Crippen LogP contribution < -0.4 is 10.1 Å². The Morgan fingerprint density at radius 2 is 1.88 bits per heavy atom. The number of pyridine rings is 1. The second-order valence-corrected chi connectivity index (χ2v) is 5.79. The van der Waals surface area contributed by atoms with Gasteiger partial charge in [-0.25, -0.2) is 0 Å². The Bertz CT molecular complexity index is 685. The van der Waals surface area contributed by atoms with Crippen LogP contribution in [0, 0.1) is 0 Å². The van der Waals surface area contributed by atoms with E-state index in [2.05, 4.69) is 24.1 Å². The third kappa shape index (κ3) is 5.08.